The van der Waals surface area contributed by atoms with Crippen LogP contribution in [0.15, 0.2) is 0 Å². The summed E-state index contributed by atoms with van der Waals surface area (Å²) in [7, 11) is 0. The van der Waals surface area contributed by atoms with Crippen LogP contribution in [0.4, 0.5) is 0 Å². The molecule has 0 aromatic rings. The van der Waals surface area contributed by atoms with E-state index in [9.17, 15) is 0 Å². The van der Waals surface area contributed by atoms with E-state index in [1.54, 1.807) is 0 Å². The van der Waals surface area contributed by atoms with Gasteiger partial charge in [-0.15, -0.1) is 0 Å². The molecule has 0 aromatic heterocycles. The number of hydrogen-bond acceptors (Lipinski definition) is 2. The maximum absolute atomic E-state index is 4.01. The van der Waals surface area contributed by atoms with Gasteiger partial charge >= 0.3 is 0 Å². The van der Waals surface area contributed by atoms with Crippen molar-refractivity contribution in [3.8, 4) is 0 Å². The van der Waals surface area contributed by atoms with E-state index >= 15 is 0 Å². The van der Waals surface area contributed by atoms with Gasteiger partial charge in [0, 0.05) is 18.1 Å². The lowest BCUT2D eigenvalue weighted by Crippen LogP contribution is -2.53. The first-order chi connectivity index (χ1) is 9.22. The van der Waals surface area contributed by atoms with Crippen LogP contribution in [0.5, 0.6) is 0 Å². The van der Waals surface area contributed by atoms with Crippen LogP contribution in [0.25, 0.3) is 0 Å². The number of nitrogens with one attached hydrogen (secondary N) is 2. The second kappa shape index (κ2) is 7.64. The van der Waals surface area contributed by atoms with Gasteiger partial charge in [-0.2, -0.15) is 0 Å². The third kappa shape index (κ3) is 4.19. The molecule has 0 radical (unpaired) electrons. The van der Waals surface area contributed by atoms with Crippen LogP contribution in [0.3, 0.4) is 0 Å². The number of piperidine rings is 1. The van der Waals surface area contributed by atoms with Crippen LogP contribution in [0.1, 0.15) is 72.1 Å². The summed E-state index contributed by atoms with van der Waals surface area (Å²) in [6, 6.07) is 2.25. The standard InChI is InChI=1S/C17H34N2/c1-4-15(13(2)3)19-17-11-6-5-9-14(17)16-10-7-8-12-18-16/h13-19H,4-12H2,1-3H3. The van der Waals surface area contributed by atoms with Gasteiger partial charge in [-0.25, -0.2) is 0 Å². The van der Waals surface area contributed by atoms with E-state index in [0.717, 1.165) is 23.9 Å². The zero-order chi connectivity index (χ0) is 13.7. The average molecular weight is 266 g/mol. The van der Waals surface area contributed by atoms with E-state index < -0.39 is 0 Å². The maximum Gasteiger partial charge on any atom is 0.0113 e. The largest absolute Gasteiger partial charge is 0.314 e. The summed E-state index contributed by atoms with van der Waals surface area (Å²) in [5.74, 6) is 1.63. The van der Waals surface area contributed by atoms with E-state index in [0.29, 0.717) is 6.04 Å². The molecule has 4 unspecified atom stereocenters. The van der Waals surface area contributed by atoms with E-state index in [1.165, 1.54) is 57.9 Å². The van der Waals surface area contributed by atoms with Crippen LogP contribution in [0, 0.1) is 11.8 Å². The van der Waals surface area contributed by atoms with Gasteiger partial charge in [0.1, 0.15) is 0 Å². The van der Waals surface area contributed by atoms with Crippen molar-refractivity contribution in [1.29, 1.82) is 0 Å². The maximum atomic E-state index is 4.01. The molecule has 1 saturated heterocycles. The first-order valence-corrected chi connectivity index (χ1v) is 8.71. The van der Waals surface area contributed by atoms with E-state index in [-0.39, 0.29) is 0 Å². The van der Waals surface area contributed by atoms with Crippen molar-refractivity contribution in [2.45, 2.75) is 90.3 Å². The molecule has 1 saturated carbocycles. The molecule has 112 valence electrons. The summed E-state index contributed by atoms with van der Waals surface area (Å²) < 4.78 is 0. The lowest BCUT2D eigenvalue weighted by Gasteiger charge is -2.42. The molecule has 0 bridgehead atoms. The second-order valence-corrected chi connectivity index (χ2v) is 7.04. The van der Waals surface area contributed by atoms with Gasteiger partial charge in [0.15, 0.2) is 0 Å². The van der Waals surface area contributed by atoms with Crippen LogP contribution in [-0.2, 0) is 0 Å². The fraction of sp³-hybridized carbons (Fsp3) is 1.00. The van der Waals surface area contributed by atoms with Crippen molar-refractivity contribution < 1.29 is 0 Å². The van der Waals surface area contributed by atoms with Crippen molar-refractivity contribution in [2.75, 3.05) is 6.54 Å². The molecule has 0 aromatic carbocycles. The Labute approximate surface area is 120 Å². The molecule has 19 heavy (non-hydrogen) atoms. The van der Waals surface area contributed by atoms with Crippen molar-refractivity contribution in [2.24, 2.45) is 11.8 Å². The summed E-state index contributed by atoms with van der Waals surface area (Å²) in [6.07, 6.45) is 11.2. The van der Waals surface area contributed by atoms with E-state index in [4.69, 9.17) is 0 Å². The summed E-state index contributed by atoms with van der Waals surface area (Å²) in [4.78, 5) is 0. The molecule has 2 nitrogen and oxygen atoms in total. The Morgan fingerprint density at radius 1 is 1.05 bits per heavy atom. The molecule has 2 N–H and O–H groups in total. The van der Waals surface area contributed by atoms with Crippen molar-refractivity contribution >= 4 is 0 Å². The van der Waals surface area contributed by atoms with Gasteiger partial charge < -0.3 is 10.6 Å². The van der Waals surface area contributed by atoms with Gasteiger partial charge in [0.25, 0.3) is 0 Å². The highest BCUT2D eigenvalue weighted by Gasteiger charge is 2.33. The predicted octanol–water partition coefficient (Wildman–Crippen LogP) is 3.71. The Kier molecular flexibility index (Phi) is 6.15. The van der Waals surface area contributed by atoms with Crippen LogP contribution >= 0.6 is 0 Å². The molecule has 0 amide bonds. The molecule has 2 aliphatic rings. The topological polar surface area (TPSA) is 24.1 Å². The normalized spacial score (nSPS) is 34.4. The minimum Gasteiger partial charge on any atom is -0.314 e. The highest BCUT2D eigenvalue weighted by Crippen LogP contribution is 2.31. The van der Waals surface area contributed by atoms with Crippen LogP contribution < -0.4 is 10.6 Å². The Bertz CT molecular complexity index is 246. The molecule has 4 atom stereocenters. The fourth-order valence-electron chi connectivity index (χ4n) is 4.15. The first-order valence-electron chi connectivity index (χ1n) is 8.71. The fourth-order valence-corrected chi connectivity index (χ4v) is 4.15. The van der Waals surface area contributed by atoms with Crippen molar-refractivity contribution in [3.05, 3.63) is 0 Å². The van der Waals surface area contributed by atoms with Crippen LogP contribution in [-0.4, -0.2) is 24.7 Å². The summed E-state index contributed by atoms with van der Waals surface area (Å²) >= 11 is 0. The Morgan fingerprint density at radius 3 is 2.42 bits per heavy atom. The number of rotatable bonds is 5. The Morgan fingerprint density at radius 2 is 1.79 bits per heavy atom. The van der Waals surface area contributed by atoms with E-state index in [1.807, 2.05) is 0 Å². The molecular weight excluding hydrogens is 232 g/mol. The lowest BCUT2D eigenvalue weighted by atomic mass is 9.76. The first kappa shape index (κ1) is 15.3. The zero-order valence-electron chi connectivity index (χ0n) is 13.3. The molecule has 1 aliphatic carbocycles. The molecule has 1 aliphatic heterocycles. The zero-order valence-corrected chi connectivity index (χ0v) is 13.3. The lowest BCUT2D eigenvalue weighted by molar-refractivity contribution is 0.162. The Balaban J connectivity index is 1.94. The molecule has 2 heteroatoms. The third-order valence-corrected chi connectivity index (χ3v) is 5.36. The Hall–Kier alpha value is -0.0800. The number of hydrogen-bond donors (Lipinski definition) is 2. The molecule has 0 spiro atoms. The minimum atomic E-state index is 0.703. The van der Waals surface area contributed by atoms with Gasteiger partial charge in [0.05, 0.1) is 0 Å². The van der Waals surface area contributed by atoms with Gasteiger partial charge in [-0.1, -0.05) is 40.0 Å². The van der Waals surface area contributed by atoms with Crippen molar-refractivity contribution in [3.63, 3.8) is 0 Å². The minimum absolute atomic E-state index is 0.703. The smallest absolute Gasteiger partial charge is 0.0113 e. The SMILES string of the molecule is CCC(NC1CCCCC1C1CCCCN1)C(C)C. The predicted molar refractivity (Wildman–Crippen MR) is 83.4 cm³/mol. The highest BCUT2D eigenvalue weighted by molar-refractivity contribution is 4.92. The quantitative estimate of drug-likeness (QED) is 0.792. The molecule has 2 rings (SSSR count). The third-order valence-electron chi connectivity index (χ3n) is 5.36. The van der Waals surface area contributed by atoms with Crippen molar-refractivity contribution in [1.82, 2.24) is 10.6 Å². The molecule has 1 heterocycles. The second-order valence-electron chi connectivity index (χ2n) is 7.04. The summed E-state index contributed by atoms with van der Waals surface area (Å²) in [5, 5.41) is 7.81. The highest BCUT2D eigenvalue weighted by atomic mass is 15.0. The van der Waals surface area contributed by atoms with Gasteiger partial charge in [-0.3, -0.25) is 0 Å². The van der Waals surface area contributed by atoms with Crippen LogP contribution in [0.2, 0.25) is 0 Å². The summed E-state index contributed by atoms with van der Waals surface area (Å²) in [6.45, 7) is 8.29. The van der Waals surface area contributed by atoms with E-state index in [2.05, 4.69) is 31.4 Å². The molecular formula is C17H34N2. The van der Waals surface area contributed by atoms with Gasteiger partial charge in [0.2, 0.25) is 0 Å². The monoisotopic (exact) mass is 266 g/mol. The summed E-state index contributed by atoms with van der Waals surface area (Å²) in [5.41, 5.74) is 0. The average Bonchev–Trinajstić information content (AvgIpc) is 2.45. The molecule has 2 fully saturated rings. The van der Waals surface area contributed by atoms with Gasteiger partial charge in [-0.05, 0) is 50.5 Å².